The van der Waals surface area contributed by atoms with Crippen LogP contribution in [0.4, 0.5) is 8.78 Å². The van der Waals surface area contributed by atoms with Crippen molar-refractivity contribution >= 4 is 0 Å². The highest BCUT2D eigenvalue weighted by Gasteiger charge is 2.29. The summed E-state index contributed by atoms with van der Waals surface area (Å²) in [5, 5.41) is 0. The van der Waals surface area contributed by atoms with Gasteiger partial charge >= 0.3 is 0 Å². The van der Waals surface area contributed by atoms with Crippen molar-refractivity contribution in [2.24, 2.45) is 5.73 Å². The first-order valence-electron chi connectivity index (χ1n) is 6.07. The first-order valence-corrected chi connectivity index (χ1v) is 6.07. The lowest BCUT2D eigenvalue weighted by atomic mass is 10.1. The zero-order valence-electron chi connectivity index (χ0n) is 10.00. The standard InChI is InChI=1S/C13H18F2N2/c1-2-17(9-6-7-9)8-12(16)10-4-3-5-11(14)13(10)15/h3-5,9,12H,2,6-8,16H2,1H3. The number of halogens is 2. The molecule has 1 saturated carbocycles. The molecule has 17 heavy (non-hydrogen) atoms. The smallest absolute Gasteiger partial charge is 0.163 e. The van der Waals surface area contributed by atoms with Crippen molar-refractivity contribution in [2.45, 2.75) is 31.8 Å². The third-order valence-electron chi connectivity index (χ3n) is 3.28. The van der Waals surface area contributed by atoms with Gasteiger partial charge in [-0.25, -0.2) is 8.78 Å². The first-order chi connectivity index (χ1) is 8.13. The van der Waals surface area contributed by atoms with Gasteiger partial charge in [-0.2, -0.15) is 0 Å². The molecule has 0 bridgehead atoms. The van der Waals surface area contributed by atoms with Gasteiger partial charge < -0.3 is 5.73 Å². The number of rotatable bonds is 5. The Hall–Kier alpha value is -1.00. The van der Waals surface area contributed by atoms with Gasteiger partial charge in [0.1, 0.15) is 0 Å². The van der Waals surface area contributed by atoms with Crippen LogP contribution in [0.5, 0.6) is 0 Å². The fourth-order valence-corrected chi connectivity index (χ4v) is 2.13. The van der Waals surface area contributed by atoms with Gasteiger partial charge in [-0.1, -0.05) is 19.1 Å². The highest BCUT2D eigenvalue weighted by molar-refractivity contribution is 5.22. The lowest BCUT2D eigenvalue weighted by Gasteiger charge is -2.24. The summed E-state index contributed by atoms with van der Waals surface area (Å²) in [5.41, 5.74) is 6.23. The third-order valence-corrected chi connectivity index (χ3v) is 3.28. The Bertz CT molecular complexity index is 391. The molecule has 2 rings (SSSR count). The zero-order chi connectivity index (χ0) is 12.4. The molecule has 1 fully saturated rings. The largest absolute Gasteiger partial charge is 0.323 e. The summed E-state index contributed by atoms with van der Waals surface area (Å²) in [6.07, 6.45) is 2.37. The van der Waals surface area contributed by atoms with E-state index in [4.69, 9.17) is 5.73 Å². The van der Waals surface area contributed by atoms with Crippen molar-refractivity contribution in [3.63, 3.8) is 0 Å². The molecule has 94 valence electrons. The topological polar surface area (TPSA) is 29.3 Å². The van der Waals surface area contributed by atoms with E-state index in [1.54, 1.807) is 6.07 Å². The van der Waals surface area contributed by atoms with E-state index in [2.05, 4.69) is 11.8 Å². The summed E-state index contributed by atoms with van der Waals surface area (Å²) < 4.78 is 26.6. The number of hydrogen-bond acceptors (Lipinski definition) is 2. The van der Waals surface area contributed by atoms with Crippen molar-refractivity contribution in [3.8, 4) is 0 Å². The SMILES string of the molecule is CCN(CC(N)c1cccc(F)c1F)C1CC1. The second kappa shape index (κ2) is 5.10. The Kier molecular flexibility index (Phi) is 3.74. The Balaban J connectivity index is 2.07. The summed E-state index contributed by atoms with van der Waals surface area (Å²) in [7, 11) is 0. The Labute approximate surface area is 100 Å². The molecular formula is C13H18F2N2. The molecule has 1 aliphatic rings. The summed E-state index contributed by atoms with van der Waals surface area (Å²) in [6, 6.07) is 4.29. The predicted octanol–water partition coefficient (Wildman–Crippen LogP) is 2.45. The maximum Gasteiger partial charge on any atom is 0.163 e. The number of nitrogens with zero attached hydrogens (tertiary/aromatic N) is 1. The summed E-state index contributed by atoms with van der Waals surface area (Å²) in [4.78, 5) is 2.23. The van der Waals surface area contributed by atoms with Crippen LogP contribution >= 0.6 is 0 Å². The molecule has 0 radical (unpaired) electrons. The number of nitrogens with two attached hydrogens (primary N) is 1. The van der Waals surface area contributed by atoms with Crippen molar-refractivity contribution < 1.29 is 8.78 Å². The molecule has 0 aromatic heterocycles. The molecule has 0 spiro atoms. The monoisotopic (exact) mass is 240 g/mol. The van der Waals surface area contributed by atoms with E-state index in [0.717, 1.165) is 12.6 Å². The second-order valence-electron chi connectivity index (χ2n) is 4.57. The number of benzene rings is 1. The van der Waals surface area contributed by atoms with Crippen LogP contribution in [0.3, 0.4) is 0 Å². The summed E-state index contributed by atoms with van der Waals surface area (Å²) in [6.45, 7) is 3.55. The van der Waals surface area contributed by atoms with Crippen LogP contribution in [0.15, 0.2) is 18.2 Å². The van der Waals surface area contributed by atoms with Crippen LogP contribution in [0.2, 0.25) is 0 Å². The molecule has 1 aromatic rings. The van der Waals surface area contributed by atoms with Gasteiger partial charge in [-0.3, -0.25) is 4.90 Å². The molecule has 0 aliphatic heterocycles. The van der Waals surface area contributed by atoms with E-state index in [0.29, 0.717) is 12.6 Å². The van der Waals surface area contributed by atoms with Gasteiger partial charge in [0.25, 0.3) is 0 Å². The van der Waals surface area contributed by atoms with Gasteiger partial charge in [-0.15, -0.1) is 0 Å². The molecular weight excluding hydrogens is 222 g/mol. The van der Waals surface area contributed by atoms with Crippen LogP contribution in [0.25, 0.3) is 0 Å². The molecule has 2 nitrogen and oxygen atoms in total. The summed E-state index contributed by atoms with van der Waals surface area (Å²) >= 11 is 0. The minimum atomic E-state index is -0.826. The molecule has 0 amide bonds. The average Bonchev–Trinajstić information content (AvgIpc) is 3.13. The number of likely N-dealkylation sites (N-methyl/N-ethyl adjacent to an activating group) is 1. The highest BCUT2D eigenvalue weighted by atomic mass is 19.2. The van der Waals surface area contributed by atoms with Crippen molar-refractivity contribution in [3.05, 3.63) is 35.4 Å². The zero-order valence-corrected chi connectivity index (χ0v) is 10.00. The second-order valence-corrected chi connectivity index (χ2v) is 4.57. The molecule has 1 unspecified atom stereocenters. The number of hydrogen-bond donors (Lipinski definition) is 1. The normalized spacial score (nSPS) is 17.5. The minimum absolute atomic E-state index is 0.268. The van der Waals surface area contributed by atoms with E-state index in [-0.39, 0.29) is 5.56 Å². The molecule has 0 saturated heterocycles. The van der Waals surface area contributed by atoms with E-state index < -0.39 is 17.7 Å². The fraction of sp³-hybridized carbons (Fsp3) is 0.538. The van der Waals surface area contributed by atoms with Crippen LogP contribution in [-0.4, -0.2) is 24.0 Å². The molecule has 4 heteroatoms. The van der Waals surface area contributed by atoms with Gasteiger partial charge in [0.2, 0.25) is 0 Å². The van der Waals surface area contributed by atoms with Crippen LogP contribution in [-0.2, 0) is 0 Å². The molecule has 2 N–H and O–H groups in total. The van der Waals surface area contributed by atoms with E-state index in [1.807, 2.05) is 0 Å². The highest BCUT2D eigenvalue weighted by Crippen LogP contribution is 2.28. The Morgan fingerprint density at radius 3 is 2.71 bits per heavy atom. The Morgan fingerprint density at radius 1 is 1.41 bits per heavy atom. The maximum atomic E-state index is 13.5. The van der Waals surface area contributed by atoms with Gasteiger partial charge in [0.15, 0.2) is 11.6 Å². The van der Waals surface area contributed by atoms with Crippen molar-refractivity contribution in [2.75, 3.05) is 13.1 Å². The Morgan fingerprint density at radius 2 is 2.12 bits per heavy atom. The van der Waals surface area contributed by atoms with Crippen molar-refractivity contribution in [1.82, 2.24) is 4.90 Å². The molecule has 1 aliphatic carbocycles. The maximum absolute atomic E-state index is 13.5. The quantitative estimate of drug-likeness (QED) is 0.856. The van der Waals surface area contributed by atoms with Crippen molar-refractivity contribution in [1.29, 1.82) is 0 Å². The molecule has 0 heterocycles. The van der Waals surface area contributed by atoms with Gasteiger partial charge in [0.05, 0.1) is 0 Å². The van der Waals surface area contributed by atoms with Gasteiger partial charge in [0, 0.05) is 24.2 Å². The predicted molar refractivity (Wildman–Crippen MR) is 63.6 cm³/mol. The third kappa shape index (κ3) is 2.82. The van der Waals surface area contributed by atoms with E-state index >= 15 is 0 Å². The van der Waals surface area contributed by atoms with E-state index in [1.165, 1.54) is 18.9 Å². The lowest BCUT2D eigenvalue weighted by molar-refractivity contribution is 0.258. The molecule has 1 aromatic carbocycles. The van der Waals surface area contributed by atoms with Crippen LogP contribution in [0.1, 0.15) is 31.4 Å². The summed E-state index contributed by atoms with van der Waals surface area (Å²) in [5.74, 6) is -1.64. The van der Waals surface area contributed by atoms with Crippen LogP contribution in [0, 0.1) is 11.6 Å². The van der Waals surface area contributed by atoms with Gasteiger partial charge in [-0.05, 0) is 25.5 Å². The van der Waals surface area contributed by atoms with E-state index in [9.17, 15) is 8.78 Å². The fourth-order valence-electron chi connectivity index (χ4n) is 2.13. The lowest BCUT2D eigenvalue weighted by Crippen LogP contribution is -2.34. The first kappa shape index (κ1) is 12.5. The molecule has 1 atom stereocenters. The van der Waals surface area contributed by atoms with Crippen LogP contribution < -0.4 is 5.73 Å². The minimum Gasteiger partial charge on any atom is -0.323 e. The average molecular weight is 240 g/mol.